The summed E-state index contributed by atoms with van der Waals surface area (Å²) in [6.07, 6.45) is 1.20. The molecule has 0 unspecified atom stereocenters. The Morgan fingerprint density at radius 3 is 2.65 bits per heavy atom. The molecule has 0 spiro atoms. The van der Waals surface area contributed by atoms with Crippen molar-refractivity contribution in [1.82, 2.24) is 24.9 Å². The fourth-order valence-corrected chi connectivity index (χ4v) is 3.97. The van der Waals surface area contributed by atoms with Crippen LogP contribution in [0.15, 0.2) is 34.9 Å². The van der Waals surface area contributed by atoms with Crippen molar-refractivity contribution in [3.8, 4) is 5.69 Å². The van der Waals surface area contributed by atoms with Gasteiger partial charge in [0.1, 0.15) is 10.1 Å². The molecule has 3 heterocycles. The van der Waals surface area contributed by atoms with Crippen LogP contribution >= 0.6 is 27.5 Å². The summed E-state index contributed by atoms with van der Waals surface area (Å²) in [5, 5.41) is 9.13. The second kappa shape index (κ2) is 7.50. The van der Waals surface area contributed by atoms with Crippen molar-refractivity contribution in [2.45, 2.75) is 13.3 Å². The van der Waals surface area contributed by atoms with Gasteiger partial charge in [-0.25, -0.2) is 4.98 Å². The Balaban J connectivity index is 1.59. The molecule has 2 aromatic heterocycles. The molecule has 1 aliphatic rings. The van der Waals surface area contributed by atoms with E-state index in [2.05, 4.69) is 54.0 Å². The third-order valence-electron chi connectivity index (χ3n) is 4.69. The number of fused-ring (bicyclic) bond motifs is 1. The van der Waals surface area contributed by atoms with E-state index in [0.717, 1.165) is 52.7 Å². The zero-order valence-electron chi connectivity index (χ0n) is 14.6. The normalized spacial score (nSPS) is 15.7. The Hall–Kier alpha value is -1.70. The molecule has 8 heteroatoms. The number of anilines is 1. The van der Waals surface area contributed by atoms with Crippen LogP contribution in [0.4, 0.5) is 5.69 Å². The average Bonchev–Trinajstić information content (AvgIpc) is 3.06. The molecule has 1 aromatic carbocycles. The van der Waals surface area contributed by atoms with Gasteiger partial charge in [-0.05, 0) is 59.2 Å². The summed E-state index contributed by atoms with van der Waals surface area (Å²) in [5.74, 6) is 0. The number of hydrogen-bond acceptors (Lipinski definition) is 5. The van der Waals surface area contributed by atoms with Crippen LogP contribution in [0.5, 0.6) is 0 Å². The first-order chi connectivity index (χ1) is 12.7. The van der Waals surface area contributed by atoms with Gasteiger partial charge >= 0.3 is 0 Å². The number of aromatic nitrogens is 4. The lowest BCUT2D eigenvalue weighted by molar-refractivity contribution is 0.258. The molecule has 4 rings (SSSR count). The first kappa shape index (κ1) is 17.7. The summed E-state index contributed by atoms with van der Waals surface area (Å²) >= 11 is 10.0. The summed E-state index contributed by atoms with van der Waals surface area (Å²) in [6.45, 7) is 7.56. The van der Waals surface area contributed by atoms with Crippen LogP contribution in [0.1, 0.15) is 13.3 Å². The summed E-state index contributed by atoms with van der Waals surface area (Å²) in [5.41, 5.74) is 3.39. The minimum Gasteiger partial charge on any atom is -0.368 e. The van der Waals surface area contributed by atoms with Crippen LogP contribution < -0.4 is 4.90 Å². The van der Waals surface area contributed by atoms with Crippen LogP contribution in [0.2, 0.25) is 5.02 Å². The number of hydrogen-bond donors (Lipinski definition) is 0. The lowest BCUT2D eigenvalue weighted by atomic mass is 10.2. The monoisotopic (exact) mass is 434 g/mol. The first-order valence-corrected chi connectivity index (χ1v) is 9.98. The summed E-state index contributed by atoms with van der Waals surface area (Å²) in [6, 6.07) is 9.78. The molecular formula is C18H20BrClN6. The summed E-state index contributed by atoms with van der Waals surface area (Å²) in [4.78, 5) is 9.33. The molecule has 3 aromatic rings. The van der Waals surface area contributed by atoms with E-state index in [1.54, 1.807) is 4.68 Å². The highest BCUT2D eigenvalue weighted by Crippen LogP contribution is 2.30. The maximum Gasteiger partial charge on any atom is 0.184 e. The molecule has 0 radical (unpaired) electrons. The van der Waals surface area contributed by atoms with Crippen molar-refractivity contribution < 1.29 is 0 Å². The van der Waals surface area contributed by atoms with Gasteiger partial charge in [-0.15, -0.1) is 5.10 Å². The molecule has 1 aliphatic heterocycles. The smallest absolute Gasteiger partial charge is 0.184 e. The molecule has 6 nitrogen and oxygen atoms in total. The highest BCUT2D eigenvalue weighted by molar-refractivity contribution is 9.10. The van der Waals surface area contributed by atoms with E-state index in [0.29, 0.717) is 5.65 Å². The molecule has 0 bridgehead atoms. The number of nitrogens with zero attached hydrogens (tertiary/aromatic N) is 6. The van der Waals surface area contributed by atoms with Gasteiger partial charge in [0.05, 0.1) is 16.4 Å². The molecular weight excluding hydrogens is 416 g/mol. The molecule has 0 atom stereocenters. The number of piperazine rings is 1. The maximum atomic E-state index is 6.61. The fraction of sp³-hybridized carbons (Fsp3) is 0.389. The van der Waals surface area contributed by atoms with E-state index < -0.39 is 0 Å². The van der Waals surface area contributed by atoms with Gasteiger partial charge < -0.3 is 4.90 Å². The van der Waals surface area contributed by atoms with Gasteiger partial charge in [-0.3, -0.25) is 4.90 Å². The maximum absolute atomic E-state index is 6.61. The SMILES string of the molecule is CCCN1CCN(c2ccc(-n3nnc4ccc(Br)nc43)cc2Cl)CC1. The topological polar surface area (TPSA) is 50.1 Å². The number of halogens is 2. The number of benzene rings is 1. The van der Waals surface area contributed by atoms with Crippen molar-refractivity contribution >= 4 is 44.4 Å². The minimum atomic E-state index is 0.705. The molecule has 0 saturated carbocycles. The zero-order valence-corrected chi connectivity index (χ0v) is 16.9. The van der Waals surface area contributed by atoms with E-state index in [9.17, 15) is 0 Å². The second-order valence-electron chi connectivity index (χ2n) is 6.44. The van der Waals surface area contributed by atoms with E-state index in [4.69, 9.17) is 11.6 Å². The molecule has 0 amide bonds. The van der Waals surface area contributed by atoms with Crippen molar-refractivity contribution in [2.24, 2.45) is 0 Å². The van der Waals surface area contributed by atoms with Gasteiger partial charge in [0.25, 0.3) is 0 Å². The highest BCUT2D eigenvalue weighted by atomic mass is 79.9. The van der Waals surface area contributed by atoms with Crippen LogP contribution in [0, 0.1) is 0 Å². The van der Waals surface area contributed by atoms with Gasteiger partial charge in [0, 0.05) is 26.2 Å². The fourth-order valence-electron chi connectivity index (χ4n) is 3.37. The third kappa shape index (κ3) is 3.43. The standard InChI is InChI=1S/C18H20BrClN6/c1-2-7-24-8-10-25(11-9-24)16-5-3-13(12-14(16)20)26-18-15(22-23-26)4-6-17(19)21-18/h3-6,12H,2,7-11H2,1H3. The number of rotatable bonds is 4. The molecule has 1 saturated heterocycles. The van der Waals surface area contributed by atoms with Crippen molar-refractivity contribution in [3.63, 3.8) is 0 Å². The Morgan fingerprint density at radius 1 is 1.12 bits per heavy atom. The predicted octanol–water partition coefficient (Wildman–Crippen LogP) is 3.76. The van der Waals surface area contributed by atoms with Gasteiger partial charge in [-0.2, -0.15) is 4.68 Å². The zero-order chi connectivity index (χ0) is 18.1. The number of pyridine rings is 1. The molecule has 26 heavy (non-hydrogen) atoms. The Bertz CT molecular complexity index is 919. The van der Waals surface area contributed by atoms with Crippen LogP contribution in [0.25, 0.3) is 16.9 Å². The van der Waals surface area contributed by atoms with E-state index in [1.165, 1.54) is 13.0 Å². The molecule has 0 N–H and O–H groups in total. The van der Waals surface area contributed by atoms with E-state index >= 15 is 0 Å². The Morgan fingerprint density at radius 2 is 1.92 bits per heavy atom. The second-order valence-corrected chi connectivity index (χ2v) is 7.66. The van der Waals surface area contributed by atoms with Crippen LogP contribution in [0.3, 0.4) is 0 Å². The van der Waals surface area contributed by atoms with E-state index in [-0.39, 0.29) is 0 Å². The van der Waals surface area contributed by atoms with Gasteiger partial charge in [0.2, 0.25) is 0 Å². The van der Waals surface area contributed by atoms with Crippen LogP contribution in [-0.2, 0) is 0 Å². The average molecular weight is 436 g/mol. The quantitative estimate of drug-likeness (QED) is 0.584. The van der Waals surface area contributed by atoms with Gasteiger partial charge in [-0.1, -0.05) is 23.7 Å². The Kier molecular flexibility index (Phi) is 5.11. The largest absolute Gasteiger partial charge is 0.368 e. The Labute approximate surface area is 165 Å². The first-order valence-electron chi connectivity index (χ1n) is 8.81. The lowest BCUT2D eigenvalue weighted by Gasteiger charge is -2.36. The molecule has 1 fully saturated rings. The van der Waals surface area contributed by atoms with E-state index in [1.807, 2.05) is 24.3 Å². The molecule has 136 valence electrons. The summed E-state index contributed by atoms with van der Waals surface area (Å²) < 4.78 is 2.47. The lowest BCUT2D eigenvalue weighted by Crippen LogP contribution is -2.46. The summed E-state index contributed by atoms with van der Waals surface area (Å²) in [7, 11) is 0. The van der Waals surface area contributed by atoms with Crippen molar-refractivity contribution in [2.75, 3.05) is 37.6 Å². The van der Waals surface area contributed by atoms with Crippen LogP contribution in [-0.4, -0.2) is 57.6 Å². The molecule has 0 aliphatic carbocycles. The predicted molar refractivity (Wildman–Crippen MR) is 108 cm³/mol. The van der Waals surface area contributed by atoms with Gasteiger partial charge in [0.15, 0.2) is 5.65 Å². The third-order valence-corrected chi connectivity index (χ3v) is 5.44. The minimum absolute atomic E-state index is 0.705. The highest BCUT2D eigenvalue weighted by Gasteiger charge is 2.19. The van der Waals surface area contributed by atoms with Crippen molar-refractivity contribution in [1.29, 1.82) is 0 Å². The van der Waals surface area contributed by atoms with Crippen molar-refractivity contribution in [3.05, 3.63) is 40.0 Å².